The summed E-state index contributed by atoms with van der Waals surface area (Å²) in [5, 5.41) is 3.46. The Kier molecular flexibility index (Phi) is 6.21. The molecule has 0 bridgehead atoms. The van der Waals surface area contributed by atoms with E-state index in [1.165, 1.54) is 6.92 Å². The predicted molar refractivity (Wildman–Crippen MR) is 85.1 cm³/mol. The van der Waals surface area contributed by atoms with Crippen molar-refractivity contribution in [2.45, 2.75) is 46.2 Å². The quantitative estimate of drug-likeness (QED) is 0.909. The highest BCUT2D eigenvalue weighted by Gasteiger charge is 2.23. The molecule has 0 heterocycles. The largest absolute Gasteiger partial charge is 0.352 e. The predicted octanol–water partition coefficient (Wildman–Crippen LogP) is 2.99. The monoisotopic (exact) mass is 310 g/mol. The van der Waals surface area contributed by atoms with Crippen LogP contribution in [0.1, 0.15) is 39.7 Å². The molecule has 1 aromatic carbocycles. The van der Waals surface area contributed by atoms with Crippen LogP contribution < -0.4 is 5.32 Å². The highest BCUT2D eigenvalue weighted by atomic mass is 35.5. The number of nitrogens with zero attached hydrogens (tertiary/aromatic N) is 1. The Morgan fingerprint density at radius 1 is 1.24 bits per heavy atom. The van der Waals surface area contributed by atoms with Crippen LogP contribution in [0.4, 0.5) is 0 Å². The average molecular weight is 311 g/mol. The maximum atomic E-state index is 11.9. The van der Waals surface area contributed by atoms with E-state index < -0.39 is 0 Å². The van der Waals surface area contributed by atoms with Gasteiger partial charge < -0.3 is 10.2 Å². The molecule has 5 heteroatoms. The van der Waals surface area contributed by atoms with E-state index in [2.05, 4.69) is 5.32 Å². The van der Waals surface area contributed by atoms with Crippen molar-refractivity contribution < 1.29 is 9.59 Å². The van der Waals surface area contributed by atoms with Crippen LogP contribution >= 0.6 is 11.6 Å². The number of carbonyl (C=O) groups is 2. The van der Waals surface area contributed by atoms with Crippen molar-refractivity contribution >= 4 is 23.4 Å². The summed E-state index contributed by atoms with van der Waals surface area (Å²) in [6.07, 6.45) is 0.279. The van der Waals surface area contributed by atoms with Gasteiger partial charge in [-0.3, -0.25) is 9.59 Å². The Balaban J connectivity index is 2.47. The summed E-state index contributed by atoms with van der Waals surface area (Å²) in [5.41, 5.74) is 0.598. The Morgan fingerprint density at radius 2 is 1.86 bits per heavy atom. The van der Waals surface area contributed by atoms with Gasteiger partial charge in [-0.15, -0.1) is 0 Å². The third-order valence-electron chi connectivity index (χ3n) is 3.19. The molecule has 116 valence electrons. The second-order valence-electron chi connectivity index (χ2n) is 5.96. The van der Waals surface area contributed by atoms with Crippen LogP contribution in [0.25, 0.3) is 0 Å². The van der Waals surface area contributed by atoms with E-state index >= 15 is 0 Å². The van der Waals surface area contributed by atoms with Crippen LogP contribution in [0.5, 0.6) is 0 Å². The van der Waals surface area contributed by atoms with Gasteiger partial charge in [-0.25, -0.2) is 0 Å². The molecule has 2 amide bonds. The average Bonchev–Trinajstić information content (AvgIpc) is 2.36. The molecule has 21 heavy (non-hydrogen) atoms. The molecule has 1 aromatic rings. The molecule has 4 nitrogen and oxygen atoms in total. The van der Waals surface area contributed by atoms with Crippen LogP contribution in [0.2, 0.25) is 5.02 Å². The van der Waals surface area contributed by atoms with Gasteiger partial charge in [0.1, 0.15) is 0 Å². The maximum Gasteiger partial charge on any atom is 0.222 e. The molecule has 0 saturated heterocycles. The molecule has 0 radical (unpaired) electrons. The topological polar surface area (TPSA) is 49.4 Å². The zero-order valence-corrected chi connectivity index (χ0v) is 13.8. The van der Waals surface area contributed by atoms with Crippen molar-refractivity contribution in [2.24, 2.45) is 0 Å². The standard InChI is InChI=1S/C16H23ClN2O2/c1-12(20)19(16(2,3)4)10-9-15(21)18-11-13-7-5-6-8-14(13)17/h5-8H,9-11H2,1-4H3,(H,18,21). The van der Waals surface area contributed by atoms with E-state index in [1.54, 1.807) is 11.0 Å². The Labute approximate surface area is 131 Å². The molecular weight excluding hydrogens is 288 g/mol. The lowest BCUT2D eigenvalue weighted by atomic mass is 10.1. The number of halogens is 1. The van der Waals surface area contributed by atoms with Crippen LogP contribution in [-0.2, 0) is 16.1 Å². The summed E-state index contributed by atoms with van der Waals surface area (Å²) in [5.74, 6) is -0.119. The molecule has 0 aliphatic carbocycles. The van der Waals surface area contributed by atoms with E-state index in [9.17, 15) is 9.59 Å². The zero-order valence-electron chi connectivity index (χ0n) is 13.1. The number of amides is 2. The molecule has 0 fully saturated rings. The van der Waals surface area contributed by atoms with E-state index in [4.69, 9.17) is 11.6 Å². The Hall–Kier alpha value is -1.55. The summed E-state index contributed by atoms with van der Waals surface area (Å²) in [7, 11) is 0. The second-order valence-corrected chi connectivity index (χ2v) is 6.37. The van der Waals surface area contributed by atoms with Gasteiger partial charge in [-0.2, -0.15) is 0 Å². The van der Waals surface area contributed by atoms with Gasteiger partial charge in [0.15, 0.2) is 0 Å². The molecule has 0 aliphatic rings. The molecule has 1 N–H and O–H groups in total. The van der Waals surface area contributed by atoms with Crippen LogP contribution in [-0.4, -0.2) is 28.8 Å². The maximum absolute atomic E-state index is 11.9. The summed E-state index contributed by atoms with van der Waals surface area (Å²) < 4.78 is 0. The van der Waals surface area contributed by atoms with Crippen LogP contribution in [0.3, 0.4) is 0 Å². The number of benzene rings is 1. The Bertz CT molecular complexity index is 509. The number of carbonyl (C=O) groups excluding carboxylic acids is 2. The molecule has 0 saturated carbocycles. The van der Waals surface area contributed by atoms with Crippen molar-refractivity contribution in [1.82, 2.24) is 10.2 Å². The summed E-state index contributed by atoms with van der Waals surface area (Å²) in [4.78, 5) is 25.2. The first-order valence-electron chi connectivity index (χ1n) is 7.00. The lowest BCUT2D eigenvalue weighted by Crippen LogP contribution is -2.46. The van der Waals surface area contributed by atoms with E-state index in [0.29, 0.717) is 18.1 Å². The van der Waals surface area contributed by atoms with Crippen molar-refractivity contribution in [3.05, 3.63) is 34.9 Å². The number of hydrogen-bond donors (Lipinski definition) is 1. The molecule has 0 spiro atoms. The highest BCUT2D eigenvalue weighted by Crippen LogP contribution is 2.15. The smallest absolute Gasteiger partial charge is 0.222 e. The van der Waals surface area contributed by atoms with E-state index in [-0.39, 0.29) is 23.8 Å². The fraction of sp³-hybridized carbons (Fsp3) is 0.500. The van der Waals surface area contributed by atoms with Gasteiger partial charge in [0, 0.05) is 37.0 Å². The Morgan fingerprint density at radius 3 is 2.38 bits per heavy atom. The van der Waals surface area contributed by atoms with Crippen LogP contribution in [0.15, 0.2) is 24.3 Å². The van der Waals surface area contributed by atoms with Crippen LogP contribution in [0, 0.1) is 0 Å². The SMILES string of the molecule is CC(=O)N(CCC(=O)NCc1ccccc1Cl)C(C)(C)C. The molecule has 0 atom stereocenters. The highest BCUT2D eigenvalue weighted by molar-refractivity contribution is 6.31. The van der Waals surface area contributed by atoms with Gasteiger partial charge in [0.25, 0.3) is 0 Å². The lowest BCUT2D eigenvalue weighted by Gasteiger charge is -2.34. The van der Waals surface area contributed by atoms with Gasteiger partial charge in [-0.1, -0.05) is 29.8 Å². The molecule has 0 unspecified atom stereocenters. The number of nitrogens with one attached hydrogen (secondary N) is 1. The molecule has 0 aromatic heterocycles. The fourth-order valence-electron chi connectivity index (χ4n) is 2.10. The van der Waals surface area contributed by atoms with Crippen molar-refractivity contribution in [1.29, 1.82) is 0 Å². The second kappa shape index (κ2) is 7.46. The third kappa shape index (κ3) is 5.76. The van der Waals surface area contributed by atoms with Crippen molar-refractivity contribution in [3.8, 4) is 0 Å². The minimum absolute atomic E-state index is 0.0265. The first kappa shape index (κ1) is 17.5. The first-order valence-corrected chi connectivity index (χ1v) is 7.38. The number of rotatable bonds is 5. The summed E-state index contributed by atoms with van der Waals surface area (Å²) in [6, 6.07) is 7.39. The number of hydrogen-bond acceptors (Lipinski definition) is 2. The summed E-state index contributed by atoms with van der Waals surface area (Å²) in [6.45, 7) is 8.19. The van der Waals surface area contributed by atoms with Gasteiger partial charge in [-0.05, 0) is 32.4 Å². The molecular formula is C16H23ClN2O2. The van der Waals surface area contributed by atoms with E-state index in [1.807, 2.05) is 39.0 Å². The normalized spacial score (nSPS) is 11.1. The van der Waals surface area contributed by atoms with Crippen molar-refractivity contribution in [2.75, 3.05) is 6.54 Å². The van der Waals surface area contributed by atoms with Gasteiger partial charge >= 0.3 is 0 Å². The lowest BCUT2D eigenvalue weighted by molar-refractivity contribution is -0.134. The third-order valence-corrected chi connectivity index (χ3v) is 3.55. The minimum atomic E-state index is -0.283. The fourth-order valence-corrected chi connectivity index (χ4v) is 2.31. The first-order chi connectivity index (χ1) is 9.71. The van der Waals surface area contributed by atoms with Gasteiger partial charge in [0.05, 0.1) is 0 Å². The summed E-state index contributed by atoms with van der Waals surface area (Å²) >= 11 is 6.03. The van der Waals surface area contributed by atoms with E-state index in [0.717, 1.165) is 5.56 Å². The van der Waals surface area contributed by atoms with Crippen molar-refractivity contribution in [3.63, 3.8) is 0 Å². The zero-order chi connectivity index (χ0) is 16.0. The van der Waals surface area contributed by atoms with Gasteiger partial charge in [0.2, 0.25) is 11.8 Å². The molecule has 0 aliphatic heterocycles. The molecule has 1 rings (SSSR count). The minimum Gasteiger partial charge on any atom is -0.352 e.